The van der Waals surface area contributed by atoms with Gasteiger partial charge in [0.1, 0.15) is 11.3 Å². The maximum absolute atomic E-state index is 11.7. The zero-order valence-electron chi connectivity index (χ0n) is 10.8. The van der Waals surface area contributed by atoms with E-state index >= 15 is 0 Å². The summed E-state index contributed by atoms with van der Waals surface area (Å²) >= 11 is 1.52. The van der Waals surface area contributed by atoms with Gasteiger partial charge in [0.2, 0.25) is 5.91 Å². The van der Waals surface area contributed by atoms with Gasteiger partial charge in [-0.1, -0.05) is 6.92 Å². The number of amides is 1. The maximum atomic E-state index is 11.7. The molecule has 0 aliphatic carbocycles. The Morgan fingerprint density at radius 1 is 1.47 bits per heavy atom. The second-order valence-electron chi connectivity index (χ2n) is 4.04. The van der Waals surface area contributed by atoms with Gasteiger partial charge >= 0.3 is 0 Å². The van der Waals surface area contributed by atoms with Crippen molar-refractivity contribution in [1.29, 1.82) is 0 Å². The van der Waals surface area contributed by atoms with Crippen molar-refractivity contribution in [3.8, 4) is 10.6 Å². The second kappa shape index (κ2) is 7.06. The van der Waals surface area contributed by atoms with E-state index in [-0.39, 0.29) is 5.91 Å². The van der Waals surface area contributed by atoms with Crippen molar-refractivity contribution in [1.82, 2.24) is 15.6 Å². The topological polar surface area (TPSA) is 67.2 Å². The van der Waals surface area contributed by atoms with E-state index in [0.29, 0.717) is 13.0 Å². The SMILES string of the molecule is CCNCCNC(=O)Cc1csc(-c2ccoc2)n1. The van der Waals surface area contributed by atoms with Gasteiger partial charge in [0.05, 0.1) is 18.4 Å². The molecular formula is C13H17N3O2S. The summed E-state index contributed by atoms with van der Waals surface area (Å²) in [5.74, 6) is 0.00180. The fourth-order valence-electron chi connectivity index (χ4n) is 1.60. The number of hydrogen-bond donors (Lipinski definition) is 2. The van der Waals surface area contributed by atoms with Crippen LogP contribution >= 0.6 is 11.3 Å². The molecule has 0 unspecified atom stereocenters. The first-order chi connectivity index (χ1) is 9.29. The summed E-state index contributed by atoms with van der Waals surface area (Å²) in [6.07, 6.45) is 3.59. The molecule has 0 saturated heterocycles. The largest absolute Gasteiger partial charge is 0.472 e. The van der Waals surface area contributed by atoms with Gasteiger partial charge in [0.25, 0.3) is 0 Å². The number of carbonyl (C=O) groups is 1. The Hall–Kier alpha value is -1.66. The Bertz CT molecular complexity index is 508. The minimum absolute atomic E-state index is 0.00180. The Kier molecular flexibility index (Phi) is 5.11. The van der Waals surface area contributed by atoms with Gasteiger partial charge in [-0.05, 0) is 12.6 Å². The number of furan rings is 1. The molecule has 0 bridgehead atoms. The summed E-state index contributed by atoms with van der Waals surface area (Å²) in [6.45, 7) is 4.38. The molecule has 0 fully saturated rings. The Labute approximate surface area is 116 Å². The van der Waals surface area contributed by atoms with Crippen molar-refractivity contribution in [2.45, 2.75) is 13.3 Å². The van der Waals surface area contributed by atoms with Crippen LogP contribution in [0.1, 0.15) is 12.6 Å². The van der Waals surface area contributed by atoms with Crippen molar-refractivity contribution in [2.24, 2.45) is 0 Å². The molecule has 0 aromatic carbocycles. The molecule has 2 aromatic heterocycles. The average molecular weight is 279 g/mol. The predicted octanol–water partition coefficient (Wildman–Crippen LogP) is 1.67. The molecule has 0 radical (unpaired) electrons. The zero-order valence-corrected chi connectivity index (χ0v) is 11.6. The van der Waals surface area contributed by atoms with Crippen LogP contribution in [-0.4, -0.2) is 30.5 Å². The van der Waals surface area contributed by atoms with Gasteiger partial charge in [0, 0.05) is 24.0 Å². The zero-order chi connectivity index (χ0) is 13.5. The van der Waals surface area contributed by atoms with E-state index in [1.165, 1.54) is 11.3 Å². The van der Waals surface area contributed by atoms with E-state index in [4.69, 9.17) is 4.42 Å². The van der Waals surface area contributed by atoms with Crippen LogP contribution in [0.2, 0.25) is 0 Å². The minimum atomic E-state index is 0.00180. The van der Waals surface area contributed by atoms with Gasteiger partial charge in [-0.3, -0.25) is 4.79 Å². The third kappa shape index (κ3) is 4.18. The van der Waals surface area contributed by atoms with E-state index in [0.717, 1.165) is 29.4 Å². The fourth-order valence-corrected chi connectivity index (χ4v) is 2.41. The highest BCUT2D eigenvalue weighted by Gasteiger charge is 2.09. The van der Waals surface area contributed by atoms with E-state index in [1.54, 1.807) is 12.5 Å². The van der Waals surface area contributed by atoms with Crippen LogP contribution in [-0.2, 0) is 11.2 Å². The lowest BCUT2D eigenvalue weighted by atomic mass is 10.3. The molecule has 0 saturated carbocycles. The number of thiazole rings is 1. The second-order valence-corrected chi connectivity index (χ2v) is 4.89. The molecule has 0 aliphatic rings. The first-order valence-corrected chi connectivity index (χ1v) is 7.12. The standard InChI is InChI=1S/C13H17N3O2S/c1-2-14-4-5-15-12(17)7-11-9-19-13(16-11)10-3-6-18-8-10/h3,6,8-9,14H,2,4-5,7H2,1H3,(H,15,17). The number of rotatable bonds is 7. The van der Waals surface area contributed by atoms with Crippen LogP contribution in [0.15, 0.2) is 28.4 Å². The molecule has 2 rings (SSSR count). The van der Waals surface area contributed by atoms with Crippen molar-refractivity contribution < 1.29 is 9.21 Å². The first-order valence-electron chi connectivity index (χ1n) is 6.24. The summed E-state index contributed by atoms with van der Waals surface area (Å²) in [6, 6.07) is 1.86. The Balaban J connectivity index is 1.81. The lowest BCUT2D eigenvalue weighted by molar-refractivity contribution is -0.120. The Morgan fingerprint density at radius 3 is 3.11 bits per heavy atom. The smallest absolute Gasteiger partial charge is 0.226 e. The summed E-state index contributed by atoms with van der Waals surface area (Å²) in [4.78, 5) is 16.1. The highest BCUT2D eigenvalue weighted by Crippen LogP contribution is 2.23. The van der Waals surface area contributed by atoms with Crippen LogP contribution in [0, 0.1) is 0 Å². The minimum Gasteiger partial charge on any atom is -0.472 e. The fraction of sp³-hybridized carbons (Fsp3) is 0.385. The van der Waals surface area contributed by atoms with E-state index in [1.807, 2.05) is 18.4 Å². The number of carbonyl (C=O) groups excluding carboxylic acids is 1. The van der Waals surface area contributed by atoms with E-state index in [9.17, 15) is 4.79 Å². The lowest BCUT2D eigenvalue weighted by Gasteiger charge is -2.03. The molecule has 1 amide bonds. The molecule has 0 atom stereocenters. The van der Waals surface area contributed by atoms with E-state index < -0.39 is 0 Å². The van der Waals surface area contributed by atoms with Gasteiger partial charge in [0.15, 0.2) is 0 Å². The van der Waals surface area contributed by atoms with Crippen LogP contribution in [0.4, 0.5) is 0 Å². The monoisotopic (exact) mass is 279 g/mol. The molecule has 19 heavy (non-hydrogen) atoms. The van der Waals surface area contributed by atoms with Crippen molar-refractivity contribution in [3.63, 3.8) is 0 Å². The summed E-state index contributed by atoms with van der Waals surface area (Å²) in [5, 5.41) is 8.79. The summed E-state index contributed by atoms with van der Waals surface area (Å²) < 4.78 is 5.02. The van der Waals surface area contributed by atoms with Gasteiger partial charge < -0.3 is 15.1 Å². The normalized spacial score (nSPS) is 10.6. The highest BCUT2D eigenvalue weighted by molar-refractivity contribution is 7.13. The molecule has 2 N–H and O–H groups in total. The molecule has 2 aromatic rings. The summed E-state index contributed by atoms with van der Waals surface area (Å²) in [7, 11) is 0. The average Bonchev–Trinajstić information content (AvgIpc) is 3.04. The van der Waals surface area contributed by atoms with Crippen LogP contribution in [0.25, 0.3) is 10.6 Å². The third-order valence-corrected chi connectivity index (χ3v) is 3.48. The van der Waals surface area contributed by atoms with Crippen molar-refractivity contribution in [2.75, 3.05) is 19.6 Å². The first kappa shape index (κ1) is 13.8. The molecule has 0 aliphatic heterocycles. The number of likely N-dealkylation sites (N-methyl/N-ethyl adjacent to an activating group) is 1. The third-order valence-electron chi connectivity index (χ3n) is 2.54. The number of nitrogens with one attached hydrogen (secondary N) is 2. The highest BCUT2D eigenvalue weighted by atomic mass is 32.1. The van der Waals surface area contributed by atoms with Gasteiger partial charge in [-0.25, -0.2) is 4.98 Å². The quantitative estimate of drug-likeness (QED) is 0.757. The van der Waals surface area contributed by atoms with Gasteiger partial charge in [-0.2, -0.15) is 0 Å². The molecule has 0 spiro atoms. The van der Waals surface area contributed by atoms with Crippen LogP contribution < -0.4 is 10.6 Å². The molecular weight excluding hydrogens is 262 g/mol. The number of hydrogen-bond acceptors (Lipinski definition) is 5. The van der Waals surface area contributed by atoms with Crippen molar-refractivity contribution in [3.05, 3.63) is 29.7 Å². The van der Waals surface area contributed by atoms with Gasteiger partial charge in [-0.15, -0.1) is 11.3 Å². The molecule has 102 valence electrons. The van der Waals surface area contributed by atoms with Crippen LogP contribution in [0.5, 0.6) is 0 Å². The molecule has 5 nitrogen and oxygen atoms in total. The lowest BCUT2D eigenvalue weighted by Crippen LogP contribution is -2.32. The van der Waals surface area contributed by atoms with Crippen molar-refractivity contribution >= 4 is 17.2 Å². The van der Waals surface area contributed by atoms with E-state index in [2.05, 4.69) is 15.6 Å². The Morgan fingerprint density at radius 2 is 2.37 bits per heavy atom. The molecule has 2 heterocycles. The number of aromatic nitrogens is 1. The molecule has 6 heteroatoms. The maximum Gasteiger partial charge on any atom is 0.226 e. The predicted molar refractivity (Wildman–Crippen MR) is 75.1 cm³/mol. The number of nitrogens with zero attached hydrogens (tertiary/aromatic N) is 1. The van der Waals surface area contributed by atoms with Crippen LogP contribution in [0.3, 0.4) is 0 Å². The summed E-state index contributed by atoms with van der Waals surface area (Å²) in [5.41, 5.74) is 1.74.